The smallest absolute Gasteiger partial charge is 0.238 e. The summed E-state index contributed by atoms with van der Waals surface area (Å²) >= 11 is 4.84. The fourth-order valence-corrected chi connectivity index (χ4v) is 1.69. The normalized spacial score (nSPS) is 16.6. The van der Waals surface area contributed by atoms with E-state index in [9.17, 15) is 9.18 Å². The summed E-state index contributed by atoms with van der Waals surface area (Å²) < 4.78 is 12.6. The molecule has 1 aliphatic rings. The van der Waals surface area contributed by atoms with Crippen LogP contribution in [0.4, 0.5) is 10.2 Å². The zero-order chi connectivity index (χ0) is 11.8. The summed E-state index contributed by atoms with van der Waals surface area (Å²) in [5.74, 6) is -0.415. The van der Waals surface area contributed by atoms with Crippen molar-refractivity contribution >= 4 is 28.9 Å². The molecule has 2 rings (SSSR count). The quantitative estimate of drug-likeness (QED) is 0.778. The van der Waals surface area contributed by atoms with Gasteiger partial charge in [0.2, 0.25) is 5.91 Å². The van der Waals surface area contributed by atoms with Gasteiger partial charge in [-0.15, -0.1) is 0 Å². The van der Waals surface area contributed by atoms with Gasteiger partial charge < -0.3 is 11.1 Å². The molecule has 1 heterocycles. The molecule has 0 spiro atoms. The highest BCUT2D eigenvalue weighted by Crippen LogP contribution is 2.46. The number of anilines is 1. The third-order valence-corrected chi connectivity index (χ3v) is 3.02. The highest BCUT2D eigenvalue weighted by atomic mass is 32.1. The Balaban J connectivity index is 2.08. The Hall–Kier alpha value is -1.56. The second kappa shape index (κ2) is 3.79. The summed E-state index contributed by atoms with van der Waals surface area (Å²) in [6, 6.07) is 2.62. The summed E-state index contributed by atoms with van der Waals surface area (Å²) in [5, 5.41) is 2.57. The largest absolute Gasteiger partial charge is 0.392 e. The molecule has 84 valence electrons. The van der Waals surface area contributed by atoms with E-state index in [1.165, 1.54) is 12.1 Å². The Morgan fingerprint density at radius 1 is 1.56 bits per heavy atom. The van der Waals surface area contributed by atoms with E-state index >= 15 is 0 Å². The average Bonchev–Trinajstić information content (AvgIpc) is 3.02. The molecule has 16 heavy (non-hydrogen) atoms. The summed E-state index contributed by atoms with van der Waals surface area (Å²) in [5.41, 5.74) is 4.78. The maximum Gasteiger partial charge on any atom is 0.238 e. The number of carbonyl (C=O) groups is 1. The SMILES string of the molecule is NC(=S)C1(C(=O)Nc2ccc(F)cn2)CC1. The molecule has 0 aliphatic heterocycles. The summed E-state index contributed by atoms with van der Waals surface area (Å²) in [6.45, 7) is 0. The lowest BCUT2D eigenvalue weighted by molar-refractivity contribution is -0.118. The predicted molar refractivity (Wildman–Crippen MR) is 61.3 cm³/mol. The standard InChI is InChI=1S/C10H10FN3OS/c11-6-1-2-7(13-5-6)14-9(15)10(3-4-10)8(12)16/h1-2,5H,3-4H2,(H2,12,16)(H,13,14,15). The van der Waals surface area contributed by atoms with Gasteiger partial charge in [0.25, 0.3) is 0 Å². The van der Waals surface area contributed by atoms with Crippen LogP contribution in [0, 0.1) is 11.2 Å². The number of amides is 1. The number of hydrogen-bond donors (Lipinski definition) is 2. The van der Waals surface area contributed by atoms with Crippen molar-refractivity contribution in [1.29, 1.82) is 0 Å². The fourth-order valence-electron chi connectivity index (χ4n) is 1.40. The highest BCUT2D eigenvalue weighted by Gasteiger charge is 2.52. The van der Waals surface area contributed by atoms with E-state index in [0.29, 0.717) is 18.7 Å². The number of pyridine rings is 1. The van der Waals surface area contributed by atoms with Gasteiger partial charge in [-0.05, 0) is 25.0 Å². The van der Waals surface area contributed by atoms with E-state index in [4.69, 9.17) is 18.0 Å². The van der Waals surface area contributed by atoms with E-state index in [1.807, 2.05) is 0 Å². The number of nitrogens with one attached hydrogen (secondary N) is 1. The van der Waals surface area contributed by atoms with E-state index < -0.39 is 11.2 Å². The van der Waals surface area contributed by atoms with Crippen LogP contribution in [0.5, 0.6) is 0 Å². The van der Waals surface area contributed by atoms with Gasteiger partial charge in [-0.1, -0.05) is 12.2 Å². The first-order valence-electron chi connectivity index (χ1n) is 4.77. The fraction of sp³-hybridized carbons (Fsp3) is 0.300. The third kappa shape index (κ3) is 1.88. The van der Waals surface area contributed by atoms with Crippen molar-refractivity contribution in [3.63, 3.8) is 0 Å². The zero-order valence-corrected chi connectivity index (χ0v) is 9.18. The lowest BCUT2D eigenvalue weighted by Crippen LogP contribution is -2.35. The Morgan fingerprint density at radius 3 is 2.69 bits per heavy atom. The number of aromatic nitrogens is 1. The number of carbonyl (C=O) groups excluding carboxylic acids is 1. The van der Waals surface area contributed by atoms with Gasteiger partial charge in [0, 0.05) is 0 Å². The first-order valence-corrected chi connectivity index (χ1v) is 5.18. The van der Waals surface area contributed by atoms with Crippen LogP contribution in [-0.2, 0) is 4.79 Å². The van der Waals surface area contributed by atoms with Crippen LogP contribution in [0.25, 0.3) is 0 Å². The van der Waals surface area contributed by atoms with Gasteiger partial charge in [-0.2, -0.15) is 0 Å². The zero-order valence-electron chi connectivity index (χ0n) is 8.37. The number of halogens is 1. The summed E-state index contributed by atoms with van der Waals surface area (Å²) in [4.78, 5) is 15.7. The van der Waals surface area contributed by atoms with Crippen LogP contribution in [0.2, 0.25) is 0 Å². The Labute approximate surface area is 97.0 Å². The van der Waals surface area contributed by atoms with Crippen molar-refractivity contribution in [3.8, 4) is 0 Å². The second-order valence-corrected chi connectivity index (χ2v) is 4.20. The number of nitrogens with two attached hydrogens (primary N) is 1. The van der Waals surface area contributed by atoms with Crippen LogP contribution in [-0.4, -0.2) is 15.9 Å². The van der Waals surface area contributed by atoms with Crippen LogP contribution >= 0.6 is 12.2 Å². The summed E-state index contributed by atoms with van der Waals surface area (Å²) in [7, 11) is 0. The van der Waals surface area contributed by atoms with E-state index in [0.717, 1.165) is 6.20 Å². The molecule has 0 atom stereocenters. The molecule has 0 radical (unpaired) electrons. The minimum Gasteiger partial charge on any atom is -0.392 e. The Kier molecular flexibility index (Phi) is 2.59. The number of thiocarbonyl (C=S) groups is 1. The van der Waals surface area contributed by atoms with Crippen LogP contribution in [0.3, 0.4) is 0 Å². The van der Waals surface area contributed by atoms with Gasteiger partial charge in [-0.3, -0.25) is 4.79 Å². The molecule has 1 aromatic rings. The van der Waals surface area contributed by atoms with Crippen molar-refractivity contribution in [2.24, 2.45) is 11.1 Å². The number of nitrogens with zero attached hydrogens (tertiary/aromatic N) is 1. The molecule has 1 amide bonds. The Bertz CT molecular complexity index is 442. The molecule has 4 nitrogen and oxygen atoms in total. The van der Waals surface area contributed by atoms with Gasteiger partial charge in [0.1, 0.15) is 11.6 Å². The summed E-state index contributed by atoms with van der Waals surface area (Å²) in [6.07, 6.45) is 2.36. The predicted octanol–water partition coefficient (Wildman–Crippen LogP) is 1.23. The van der Waals surface area contributed by atoms with Gasteiger partial charge >= 0.3 is 0 Å². The lowest BCUT2D eigenvalue weighted by Gasteiger charge is -2.12. The molecule has 6 heteroatoms. The van der Waals surface area contributed by atoms with Crippen LogP contribution in [0.15, 0.2) is 18.3 Å². The third-order valence-electron chi connectivity index (χ3n) is 2.63. The minimum absolute atomic E-state index is 0.201. The van der Waals surface area contributed by atoms with Gasteiger partial charge in [-0.25, -0.2) is 9.37 Å². The van der Waals surface area contributed by atoms with Gasteiger partial charge in [0.15, 0.2) is 0 Å². The average molecular weight is 239 g/mol. The topological polar surface area (TPSA) is 68.0 Å². The molecule has 3 N–H and O–H groups in total. The lowest BCUT2D eigenvalue weighted by atomic mass is 10.1. The molecule has 1 aliphatic carbocycles. The maximum atomic E-state index is 12.6. The molecular formula is C10H10FN3OS. The first-order chi connectivity index (χ1) is 7.54. The monoisotopic (exact) mass is 239 g/mol. The van der Waals surface area contributed by atoms with Crippen molar-refractivity contribution in [3.05, 3.63) is 24.1 Å². The molecule has 1 aromatic heterocycles. The van der Waals surface area contributed by atoms with Crippen molar-refractivity contribution in [2.45, 2.75) is 12.8 Å². The van der Waals surface area contributed by atoms with Crippen molar-refractivity contribution in [1.82, 2.24) is 4.98 Å². The van der Waals surface area contributed by atoms with E-state index in [-0.39, 0.29) is 10.9 Å². The minimum atomic E-state index is -0.717. The number of hydrogen-bond acceptors (Lipinski definition) is 3. The molecule has 0 saturated heterocycles. The molecule has 0 bridgehead atoms. The van der Waals surface area contributed by atoms with Crippen LogP contribution in [0.1, 0.15) is 12.8 Å². The van der Waals surface area contributed by atoms with Crippen molar-refractivity contribution in [2.75, 3.05) is 5.32 Å². The molecule has 0 aromatic carbocycles. The highest BCUT2D eigenvalue weighted by molar-refractivity contribution is 7.80. The van der Waals surface area contributed by atoms with E-state index in [2.05, 4.69) is 10.3 Å². The molecular weight excluding hydrogens is 229 g/mol. The molecule has 0 unspecified atom stereocenters. The van der Waals surface area contributed by atoms with Crippen molar-refractivity contribution < 1.29 is 9.18 Å². The molecule has 1 fully saturated rings. The van der Waals surface area contributed by atoms with Crippen LogP contribution < -0.4 is 11.1 Å². The maximum absolute atomic E-state index is 12.6. The van der Waals surface area contributed by atoms with Gasteiger partial charge in [0.05, 0.1) is 16.6 Å². The Morgan fingerprint density at radius 2 is 2.25 bits per heavy atom. The first kappa shape index (κ1) is 10.9. The number of rotatable bonds is 3. The van der Waals surface area contributed by atoms with E-state index in [1.54, 1.807) is 0 Å². The molecule has 1 saturated carbocycles. The second-order valence-electron chi connectivity index (χ2n) is 3.76.